The van der Waals surface area contributed by atoms with Crippen molar-refractivity contribution in [2.45, 2.75) is 33.9 Å². The molecule has 0 aliphatic rings. The highest BCUT2D eigenvalue weighted by atomic mass is 16.7. The molecule has 2 aromatic rings. The van der Waals surface area contributed by atoms with Gasteiger partial charge < -0.3 is 0 Å². The van der Waals surface area contributed by atoms with Gasteiger partial charge in [-0.25, -0.2) is 5.06 Å². The van der Waals surface area contributed by atoms with Crippen LogP contribution in [0.5, 0.6) is 0 Å². The Bertz CT molecular complexity index is 622. The first kappa shape index (κ1) is 15.3. The lowest BCUT2D eigenvalue weighted by molar-refractivity contribution is -0.193. The highest BCUT2D eigenvalue weighted by molar-refractivity contribution is 5.72. The maximum atomic E-state index is 11.8. The minimum Gasteiger partial charge on any atom is -0.273 e. The number of hydrogen-bond acceptors (Lipinski definition) is 2. The number of amides is 1. The summed E-state index contributed by atoms with van der Waals surface area (Å²) in [6.07, 6.45) is 0. The largest absolute Gasteiger partial charge is 0.273 e. The first-order valence-corrected chi connectivity index (χ1v) is 7.08. The van der Waals surface area contributed by atoms with Crippen LogP contribution in [0.15, 0.2) is 48.5 Å². The second kappa shape index (κ2) is 7.04. The van der Waals surface area contributed by atoms with E-state index in [1.54, 1.807) is 0 Å². The van der Waals surface area contributed by atoms with E-state index in [1.165, 1.54) is 12.0 Å². The molecule has 0 bridgehead atoms. The van der Waals surface area contributed by atoms with Crippen LogP contribution in [0.4, 0.5) is 0 Å². The predicted octanol–water partition coefficient (Wildman–Crippen LogP) is 3.78. The van der Waals surface area contributed by atoms with E-state index in [9.17, 15) is 4.79 Å². The minimum absolute atomic E-state index is 0.0909. The summed E-state index contributed by atoms with van der Waals surface area (Å²) in [5, 5.41) is 1.43. The van der Waals surface area contributed by atoms with E-state index in [1.807, 2.05) is 62.4 Å². The van der Waals surface area contributed by atoms with E-state index < -0.39 is 0 Å². The van der Waals surface area contributed by atoms with E-state index in [0.29, 0.717) is 13.2 Å². The predicted molar refractivity (Wildman–Crippen MR) is 83.4 cm³/mol. The van der Waals surface area contributed by atoms with E-state index in [2.05, 4.69) is 0 Å². The zero-order chi connectivity index (χ0) is 15.2. The number of hydroxylamine groups is 2. The average molecular weight is 283 g/mol. The molecule has 0 spiro atoms. The zero-order valence-corrected chi connectivity index (χ0v) is 12.8. The van der Waals surface area contributed by atoms with Crippen LogP contribution in [0.3, 0.4) is 0 Å². The minimum atomic E-state index is -0.0909. The molecule has 0 aromatic heterocycles. The Kier molecular flexibility index (Phi) is 5.12. The lowest BCUT2D eigenvalue weighted by atomic mass is 10.1. The molecular formula is C18H21NO2. The highest BCUT2D eigenvalue weighted by Crippen LogP contribution is 2.14. The standard InChI is InChI=1S/C18H21NO2/c1-14-8-4-6-10-17(14)12-19(16(3)20)21-13-18-11-7-5-9-15(18)2/h4-11H,12-13H2,1-3H3. The van der Waals surface area contributed by atoms with Gasteiger partial charge in [0.05, 0.1) is 6.54 Å². The van der Waals surface area contributed by atoms with Gasteiger partial charge in [-0.3, -0.25) is 9.63 Å². The maximum Gasteiger partial charge on any atom is 0.243 e. The molecule has 3 nitrogen and oxygen atoms in total. The number of nitrogens with zero attached hydrogens (tertiary/aromatic N) is 1. The van der Waals surface area contributed by atoms with Gasteiger partial charge in [0.2, 0.25) is 5.91 Å². The van der Waals surface area contributed by atoms with Gasteiger partial charge in [-0.1, -0.05) is 48.5 Å². The molecule has 0 aliphatic carbocycles. The van der Waals surface area contributed by atoms with Gasteiger partial charge >= 0.3 is 0 Å². The Morgan fingerprint density at radius 2 is 1.48 bits per heavy atom. The molecule has 2 aromatic carbocycles. The summed E-state index contributed by atoms with van der Waals surface area (Å²) < 4.78 is 0. The van der Waals surface area contributed by atoms with Gasteiger partial charge in [-0.2, -0.15) is 0 Å². The van der Waals surface area contributed by atoms with Crippen LogP contribution < -0.4 is 0 Å². The number of benzene rings is 2. The Balaban J connectivity index is 2.05. The molecule has 0 saturated carbocycles. The molecule has 1 amide bonds. The molecule has 0 aliphatic heterocycles. The molecule has 0 unspecified atom stereocenters. The lowest BCUT2D eigenvalue weighted by Gasteiger charge is -2.21. The van der Waals surface area contributed by atoms with E-state index in [-0.39, 0.29) is 5.91 Å². The smallest absolute Gasteiger partial charge is 0.243 e. The number of hydrogen-bond donors (Lipinski definition) is 0. The summed E-state index contributed by atoms with van der Waals surface area (Å²) in [6.45, 7) is 6.47. The van der Waals surface area contributed by atoms with Gasteiger partial charge in [0.1, 0.15) is 6.61 Å². The van der Waals surface area contributed by atoms with Crippen LogP contribution in [-0.4, -0.2) is 11.0 Å². The van der Waals surface area contributed by atoms with Crippen molar-refractivity contribution in [1.82, 2.24) is 5.06 Å². The summed E-state index contributed by atoms with van der Waals surface area (Å²) in [5.41, 5.74) is 4.51. The van der Waals surface area contributed by atoms with E-state index >= 15 is 0 Å². The Morgan fingerprint density at radius 1 is 0.952 bits per heavy atom. The third-order valence-electron chi connectivity index (χ3n) is 3.56. The van der Waals surface area contributed by atoms with E-state index in [4.69, 9.17) is 4.84 Å². The van der Waals surface area contributed by atoms with Gasteiger partial charge in [0.25, 0.3) is 0 Å². The van der Waals surface area contributed by atoms with Crippen molar-refractivity contribution in [1.29, 1.82) is 0 Å². The molecule has 0 N–H and O–H groups in total. The van der Waals surface area contributed by atoms with Crippen LogP contribution in [-0.2, 0) is 22.8 Å². The van der Waals surface area contributed by atoms with Crippen molar-refractivity contribution in [3.63, 3.8) is 0 Å². The summed E-state index contributed by atoms with van der Waals surface area (Å²) in [6, 6.07) is 16.0. The fourth-order valence-corrected chi connectivity index (χ4v) is 2.11. The van der Waals surface area contributed by atoms with E-state index in [0.717, 1.165) is 22.3 Å². The SMILES string of the molecule is CC(=O)N(Cc1ccccc1C)OCc1ccccc1C. The monoisotopic (exact) mass is 283 g/mol. The Labute approximate surface area is 126 Å². The Hall–Kier alpha value is -2.13. The fourth-order valence-electron chi connectivity index (χ4n) is 2.11. The highest BCUT2D eigenvalue weighted by Gasteiger charge is 2.12. The van der Waals surface area contributed by atoms with Crippen LogP contribution >= 0.6 is 0 Å². The van der Waals surface area contributed by atoms with Crippen molar-refractivity contribution in [3.8, 4) is 0 Å². The van der Waals surface area contributed by atoms with Crippen LogP contribution in [0.2, 0.25) is 0 Å². The van der Waals surface area contributed by atoms with Gasteiger partial charge in [-0.05, 0) is 36.1 Å². The zero-order valence-electron chi connectivity index (χ0n) is 12.8. The van der Waals surface area contributed by atoms with Gasteiger partial charge in [0, 0.05) is 6.92 Å². The van der Waals surface area contributed by atoms with Crippen molar-refractivity contribution in [3.05, 3.63) is 70.8 Å². The number of carbonyl (C=O) groups excluding carboxylic acids is 1. The topological polar surface area (TPSA) is 29.5 Å². The second-order valence-electron chi connectivity index (χ2n) is 5.18. The molecule has 0 radical (unpaired) electrons. The summed E-state index contributed by atoms with van der Waals surface area (Å²) >= 11 is 0. The molecular weight excluding hydrogens is 262 g/mol. The van der Waals surface area contributed by atoms with Gasteiger partial charge in [-0.15, -0.1) is 0 Å². The second-order valence-corrected chi connectivity index (χ2v) is 5.18. The first-order chi connectivity index (χ1) is 10.1. The molecule has 0 atom stereocenters. The van der Waals surface area contributed by atoms with Gasteiger partial charge in [0.15, 0.2) is 0 Å². The van der Waals surface area contributed by atoms with Crippen molar-refractivity contribution in [2.24, 2.45) is 0 Å². The van der Waals surface area contributed by atoms with Crippen molar-refractivity contribution >= 4 is 5.91 Å². The summed E-state index contributed by atoms with van der Waals surface area (Å²) in [4.78, 5) is 17.5. The molecule has 110 valence electrons. The normalized spacial score (nSPS) is 10.4. The van der Waals surface area contributed by atoms with Crippen LogP contribution in [0, 0.1) is 13.8 Å². The number of aryl methyl sites for hydroxylation is 2. The molecule has 3 heteroatoms. The maximum absolute atomic E-state index is 11.8. The summed E-state index contributed by atoms with van der Waals surface area (Å²) in [7, 11) is 0. The third-order valence-corrected chi connectivity index (χ3v) is 3.56. The van der Waals surface area contributed by atoms with Crippen LogP contribution in [0.1, 0.15) is 29.2 Å². The molecule has 21 heavy (non-hydrogen) atoms. The molecule has 0 fully saturated rings. The van der Waals surface area contributed by atoms with Crippen LogP contribution in [0.25, 0.3) is 0 Å². The molecule has 0 saturated heterocycles. The number of carbonyl (C=O) groups is 1. The molecule has 0 heterocycles. The quantitative estimate of drug-likeness (QED) is 0.781. The Morgan fingerprint density at radius 3 is 2.00 bits per heavy atom. The van der Waals surface area contributed by atoms with Crippen molar-refractivity contribution < 1.29 is 9.63 Å². The van der Waals surface area contributed by atoms with Crippen molar-refractivity contribution in [2.75, 3.05) is 0 Å². The first-order valence-electron chi connectivity index (χ1n) is 7.08. The number of rotatable bonds is 5. The molecule has 2 rings (SSSR count). The fraction of sp³-hybridized carbons (Fsp3) is 0.278. The lowest BCUT2D eigenvalue weighted by Crippen LogP contribution is -2.28. The summed E-state index contributed by atoms with van der Waals surface area (Å²) in [5.74, 6) is -0.0909. The third kappa shape index (κ3) is 4.17. The average Bonchev–Trinajstić information content (AvgIpc) is 2.46.